The van der Waals surface area contributed by atoms with E-state index in [1.165, 1.54) is 12.1 Å². The van der Waals surface area contributed by atoms with Crippen LogP contribution in [0, 0.1) is 20.2 Å². The highest BCUT2D eigenvalue weighted by Crippen LogP contribution is 2.33. The molecule has 18 heavy (non-hydrogen) atoms. The van der Waals surface area contributed by atoms with Gasteiger partial charge < -0.3 is 5.73 Å². The molecule has 7 nitrogen and oxygen atoms in total. The molecule has 0 saturated carbocycles. The minimum Gasteiger partial charge on any atom is -0.327 e. The number of benzene rings is 1. The maximum Gasteiger partial charge on any atom is 0.279 e. The standard InChI is InChI=1S/C11H15N3O4/c1-3-9(7(2)12)10-5-4-8(13(15)16)6-11(10)14(17)18/h4-7,9H,3,12H2,1-2H3. The second kappa shape index (κ2) is 5.54. The van der Waals surface area contributed by atoms with Crippen molar-refractivity contribution in [2.45, 2.75) is 32.2 Å². The van der Waals surface area contributed by atoms with E-state index in [4.69, 9.17) is 5.73 Å². The van der Waals surface area contributed by atoms with Crippen molar-refractivity contribution < 1.29 is 9.85 Å². The van der Waals surface area contributed by atoms with Gasteiger partial charge in [0, 0.05) is 23.6 Å². The fraction of sp³-hybridized carbons (Fsp3) is 0.455. The molecule has 1 aromatic carbocycles. The maximum absolute atomic E-state index is 11.0. The topological polar surface area (TPSA) is 112 Å². The van der Waals surface area contributed by atoms with E-state index in [1.54, 1.807) is 6.92 Å². The first kappa shape index (κ1) is 14.0. The molecule has 1 rings (SSSR count). The normalized spacial score (nSPS) is 13.9. The number of hydrogen-bond donors (Lipinski definition) is 1. The van der Waals surface area contributed by atoms with Gasteiger partial charge in [-0.1, -0.05) is 6.92 Å². The predicted molar refractivity (Wildman–Crippen MR) is 66.4 cm³/mol. The third-order valence-electron chi connectivity index (χ3n) is 2.90. The Bertz CT molecular complexity index is 473. The van der Waals surface area contributed by atoms with Crippen LogP contribution in [0.1, 0.15) is 31.7 Å². The van der Waals surface area contributed by atoms with Crippen LogP contribution < -0.4 is 5.73 Å². The summed E-state index contributed by atoms with van der Waals surface area (Å²) in [6.45, 7) is 3.64. The molecule has 0 aliphatic carbocycles. The van der Waals surface area contributed by atoms with Crippen molar-refractivity contribution in [1.29, 1.82) is 0 Å². The quantitative estimate of drug-likeness (QED) is 0.639. The van der Waals surface area contributed by atoms with Gasteiger partial charge in [0.2, 0.25) is 0 Å². The van der Waals surface area contributed by atoms with Crippen LogP contribution in [0.5, 0.6) is 0 Å². The van der Waals surface area contributed by atoms with Crippen molar-refractivity contribution in [2.75, 3.05) is 0 Å². The lowest BCUT2D eigenvalue weighted by Crippen LogP contribution is -2.24. The van der Waals surface area contributed by atoms with E-state index in [2.05, 4.69) is 0 Å². The van der Waals surface area contributed by atoms with Crippen LogP contribution >= 0.6 is 0 Å². The molecule has 0 amide bonds. The van der Waals surface area contributed by atoms with Crippen LogP contribution in [0.3, 0.4) is 0 Å². The highest BCUT2D eigenvalue weighted by Gasteiger charge is 2.26. The Morgan fingerprint density at radius 1 is 1.28 bits per heavy atom. The number of nitro benzene ring substituents is 2. The van der Waals surface area contributed by atoms with Gasteiger partial charge in [-0.05, 0) is 19.4 Å². The van der Waals surface area contributed by atoms with E-state index in [0.717, 1.165) is 6.07 Å². The molecule has 7 heteroatoms. The Kier molecular flexibility index (Phi) is 4.33. The van der Waals surface area contributed by atoms with Crippen molar-refractivity contribution in [1.82, 2.24) is 0 Å². The summed E-state index contributed by atoms with van der Waals surface area (Å²) in [5, 5.41) is 21.6. The lowest BCUT2D eigenvalue weighted by atomic mass is 9.89. The molecule has 0 heterocycles. The van der Waals surface area contributed by atoms with Crippen LogP contribution in [0.4, 0.5) is 11.4 Å². The first-order valence-electron chi connectivity index (χ1n) is 5.56. The zero-order valence-electron chi connectivity index (χ0n) is 10.2. The van der Waals surface area contributed by atoms with E-state index in [-0.39, 0.29) is 23.3 Å². The SMILES string of the molecule is CCC(c1ccc([N+](=O)[O-])cc1[N+](=O)[O-])C(C)N. The molecule has 2 N–H and O–H groups in total. The Morgan fingerprint density at radius 2 is 1.89 bits per heavy atom. The summed E-state index contributed by atoms with van der Waals surface area (Å²) in [6.07, 6.45) is 0.635. The second-order valence-corrected chi connectivity index (χ2v) is 4.13. The molecular formula is C11H15N3O4. The van der Waals surface area contributed by atoms with E-state index in [9.17, 15) is 20.2 Å². The van der Waals surface area contributed by atoms with E-state index in [1.807, 2.05) is 6.92 Å². The van der Waals surface area contributed by atoms with Crippen molar-refractivity contribution in [2.24, 2.45) is 5.73 Å². The Hall–Kier alpha value is -2.02. The molecule has 0 fully saturated rings. The van der Waals surface area contributed by atoms with Crippen molar-refractivity contribution >= 4 is 11.4 Å². The lowest BCUT2D eigenvalue weighted by Gasteiger charge is -2.19. The third-order valence-corrected chi connectivity index (χ3v) is 2.90. The molecular weight excluding hydrogens is 238 g/mol. The molecule has 98 valence electrons. The smallest absolute Gasteiger partial charge is 0.279 e. The zero-order chi connectivity index (χ0) is 13.9. The third kappa shape index (κ3) is 2.80. The summed E-state index contributed by atoms with van der Waals surface area (Å²) in [5.74, 6) is -0.189. The van der Waals surface area contributed by atoms with Crippen LogP contribution in [0.25, 0.3) is 0 Å². The molecule has 2 atom stereocenters. The van der Waals surface area contributed by atoms with Crippen molar-refractivity contribution in [3.63, 3.8) is 0 Å². The summed E-state index contributed by atoms with van der Waals surface area (Å²) in [7, 11) is 0. The van der Waals surface area contributed by atoms with E-state index < -0.39 is 9.85 Å². The molecule has 0 aliphatic heterocycles. The Morgan fingerprint density at radius 3 is 2.28 bits per heavy atom. The summed E-state index contributed by atoms with van der Waals surface area (Å²) in [5.41, 5.74) is 5.71. The molecule has 0 saturated heterocycles. The molecule has 0 radical (unpaired) electrons. The second-order valence-electron chi connectivity index (χ2n) is 4.13. The van der Waals surface area contributed by atoms with Gasteiger partial charge in [-0.15, -0.1) is 0 Å². The minimum absolute atomic E-state index is 0.189. The van der Waals surface area contributed by atoms with Gasteiger partial charge in [-0.25, -0.2) is 0 Å². The van der Waals surface area contributed by atoms with Gasteiger partial charge >= 0.3 is 0 Å². The number of nitro groups is 2. The fourth-order valence-corrected chi connectivity index (χ4v) is 1.99. The van der Waals surface area contributed by atoms with E-state index >= 15 is 0 Å². The van der Waals surface area contributed by atoms with Gasteiger partial charge in [0.15, 0.2) is 0 Å². The molecule has 0 bridgehead atoms. The molecule has 2 unspecified atom stereocenters. The summed E-state index contributed by atoms with van der Waals surface area (Å²) < 4.78 is 0. The van der Waals surface area contributed by atoms with Gasteiger partial charge in [0.05, 0.1) is 15.9 Å². The molecule has 0 aromatic heterocycles. The maximum atomic E-state index is 11.0. The van der Waals surface area contributed by atoms with Crippen LogP contribution in [0.2, 0.25) is 0 Å². The Labute approximate surface area is 104 Å². The van der Waals surface area contributed by atoms with Gasteiger partial charge in [-0.3, -0.25) is 20.2 Å². The molecule has 1 aromatic rings. The minimum atomic E-state index is -0.649. The van der Waals surface area contributed by atoms with Crippen LogP contribution in [0.15, 0.2) is 18.2 Å². The number of nitrogens with zero attached hydrogens (tertiary/aromatic N) is 2. The number of rotatable bonds is 5. The number of non-ortho nitro benzene ring substituents is 1. The monoisotopic (exact) mass is 253 g/mol. The highest BCUT2D eigenvalue weighted by atomic mass is 16.6. The van der Waals surface area contributed by atoms with Gasteiger partial charge in [0.25, 0.3) is 11.4 Å². The average molecular weight is 253 g/mol. The van der Waals surface area contributed by atoms with Crippen LogP contribution in [-0.2, 0) is 0 Å². The number of nitrogens with two attached hydrogens (primary N) is 1. The summed E-state index contributed by atoms with van der Waals surface area (Å²) in [6, 6.07) is 3.43. The zero-order valence-corrected chi connectivity index (χ0v) is 10.2. The van der Waals surface area contributed by atoms with Gasteiger partial charge in [0.1, 0.15) is 0 Å². The number of hydrogen-bond acceptors (Lipinski definition) is 5. The van der Waals surface area contributed by atoms with Gasteiger partial charge in [-0.2, -0.15) is 0 Å². The predicted octanol–water partition coefficient (Wildman–Crippen LogP) is 2.34. The van der Waals surface area contributed by atoms with E-state index in [0.29, 0.717) is 12.0 Å². The highest BCUT2D eigenvalue weighted by molar-refractivity contribution is 5.51. The summed E-state index contributed by atoms with van der Waals surface area (Å²) in [4.78, 5) is 20.3. The van der Waals surface area contributed by atoms with Crippen molar-refractivity contribution in [3.8, 4) is 0 Å². The first-order valence-corrected chi connectivity index (χ1v) is 5.56. The lowest BCUT2D eigenvalue weighted by molar-refractivity contribution is -0.394. The molecule has 0 aliphatic rings. The molecule has 0 spiro atoms. The average Bonchev–Trinajstić information content (AvgIpc) is 2.29. The van der Waals surface area contributed by atoms with Crippen LogP contribution in [-0.4, -0.2) is 15.9 Å². The summed E-state index contributed by atoms with van der Waals surface area (Å²) >= 11 is 0. The largest absolute Gasteiger partial charge is 0.327 e. The fourth-order valence-electron chi connectivity index (χ4n) is 1.99. The van der Waals surface area contributed by atoms with Crippen molar-refractivity contribution in [3.05, 3.63) is 44.0 Å². The Balaban J connectivity index is 3.35. The first-order chi connectivity index (χ1) is 8.38.